The van der Waals surface area contributed by atoms with E-state index in [2.05, 4.69) is 26.0 Å². The lowest BCUT2D eigenvalue weighted by Crippen LogP contribution is -1.77. The first kappa shape index (κ1) is 8.83. The molecule has 0 heterocycles. The third kappa shape index (κ3) is 1.78. The van der Waals surface area contributed by atoms with Gasteiger partial charge in [0.2, 0.25) is 0 Å². The molecule has 0 unspecified atom stereocenters. The lowest BCUT2D eigenvalue weighted by atomic mass is 10.1. The molecule has 0 aliphatic heterocycles. The van der Waals surface area contributed by atoms with E-state index < -0.39 is 0 Å². The summed E-state index contributed by atoms with van der Waals surface area (Å²) in [5.41, 5.74) is 4.47. The molecular formula is C12H13Cl. The quantitative estimate of drug-likeness (QED) is 0.586. The van der Waals surface area contributed by atoms with Crippen LogP contribution in [0.4, 0.5) is 0 Å². The molecule has 0 saturated heterocycles. The number of rotatable bonds is 1. The third-order valence-electron chi connectivity index (χ3n) is 2.60. The number of hydrogen-bond acceptors (Lipinski definition) is 0. The summed E-state index contributed by atoms with van der Waals surface area (Å²) in [6, 6.07) is 8.20. The summed E-state index contributed by atoms with van der Waals surface area (Å²) >= 11 is 5.82. The number of halogens is 1. The van der Waals surface area contributed by atoms with Crippen LogP contribution in [0.1, 0.15) is 31.7 Å². The fourth-order valence-corrected chi connectivity index (χ4v) is 1.85. The molecule has 1 aromatic rings. The van der Waals surface area contributed by atoms with Gasteiger partial charge in [-0.3, -0.25) is 0 Å². The minimum Gasteiger partial charge on any atom is -0.0843 e. The molecule has 1 atom stereocenters. The number of hydrogen-bond donors (Lipinski definition) is 0. The number of benzene rings is 1. The summed E-state index contributed by atoms with van der Waals surface area (Å²) in [6.07, 6.45) is 1.24. The van der Waals surface area contributed by atoms with Gasteiger partial charge < -0.3 is 0 Å². The Morgan fingerprint density at radius 3 is 2.31 bits per heavy atom. The fraction of sp³-hybridized carbons (Fsp3) is 0.333. The molecule has 1 heteroatoms. The van der Waals surface area contributed by atoms with Gasteiger partial charge in [-0.05, 0) is 38.0 Å². The van der Waals surface area contributed by atoms with Crippen LogP contribution in [0.2, 0.25) is 5.02 Å². The first-order valence-corrected chi connectivity index (χ1v) is 4.98. The topological polar surface area (TPSA) is 0 Å². The first-order chi connectivity index (χ1) is 6.18. The summed E-state index contributed by atoms with van der Waals surface area (Å²) in [4.78, 5) is 0. The second-order valence-electron chi connectivity index (χ2n) is 3.83. The minimum atomic E-state index is 0.683. The predicted molar refractivity (Wildman–Crippen MR) is 57.2 cm³/mol. The zero-order valence-electron chi connectivity index (χ0n) is 7.97. The average Bonchev–Trinajstić information content (AvgIpc) is 2.85. The summed E-state index contributed by atoms with van der Waals surface area (Å²) in [5, 5.41) is 0.822. The van der Waals surface area contributed by atoms with Crippen LogP contribution < -0.4 is 0 Å². The van der Waals surface area contributed by atoms with E-state index in [0.29, 0.717) is 5.92 Å². The molecule has 1 fully saturated rings. The average molecular weight is 193 g/mol. The second-order valence-corrected chi connectivity index (χ2v) is 4.27. The summed E-state index contributed by atoms with van der Waals surface area (Å²) in [7, 11) is 0. The van der Waals surface area contributed by atoms with E-state index in [1.807, 2.05) is 12.1 Å². The van der Waals surface area contributed by atoms with Crippen molar-refractivity contribution >= 4 is 11.6 Å². The molecule has 0 radical (unpaired) electrons. The molecule has 0 nitrogen and oxygen atoms in total. The highest BCUT2D eigenvalue weighted by molar-refractivity contribution is 6.30. The van der Waals surface area contributed by atoms with E-state index in [0.717, 1.165) is 5.02 Å². The molecule has 0 N–H and O–H groups in total. The van der Waals surface area contributed by atoms with Gasteiger partial charge >= 0.3 is 0 Å². The van der Waals surface area contributed by atoms with Crippen molar-refractivity contribution in [1.29, 1.82) is 0 Å². The molecule has 13 heavy (non-hydrogen) atoms. The predicted octanol–water partition coefficient (Wildman–Crippen LogP) is 4.16. The number of allylic oxidation sites excluding steroid dienone is 2. The smallest absolute Gasteiger partial charge is 0.0406 e. The molecule has 1 aliphatic rings. The van der Waals surface area contributed by atoms with Crippen LogP contribution in [0.5, 0.6) is 0 Å². The zero-order chi connectivity index (χ0) is 9.42. The van der Waals surface area contributed by atoms with Crippen molar-refractivity contribution in [2.24, 2.45) is 0 Å². The lowest BCUT2D eigenvalue weighted by Gasteiger charge is -1.96. The monoisotopic (exact) mass is 192 g/mol. The molecule has 1 aliphatic carbocycles. The van der Waals surface area contributed by atoms with E-state index in [4.69, 9.17) is 11.6 Å². The molecule has 1 aromatic carbocycles. The van der Waals surface area contributed by atoms with Crippen LogP contribution in [-0.4, -0.2) is 0 Å². The maximum Gasteiger partial charge on any atom is 0.0406 e. The highest BCUT2D eigenvalue weighted by Crippen LogP contribution is 2.48. The Hall–Kier alpha value is -0.750. The van der Waals surface area contributed by atoms with Crippen LogP contribution in [-0.2, 0) is 0 Å². The van der Waals surface area contributed by atoms with Gasteiger partial charge in [0.05, 0.1) is 0 Å². The Labute approximate surface area is 84.2 Å². The van der Waals surface area contributed by atoms with Gasteiger partial charge in [-0.25, -0.2) is 0 Å². The van der Waals surface area contributed by atoms with E-state index in [-0.39, 0.29) is 0 Å². The molecule has 68 valence electrons. The minimum absolute atomic E-state index is 0.683. The molecule has 2 rings (SSSR count). The standard InChI is InChI=1S/C12H13Cl/c1-8(2)11-7-12(11)9-3-5-10(13)6-4-9/h3-6,12H,7H2,1-2H3/t12-/m1/s1. The SMILES string of the molecule is CC(C)=C1C[C@@H]1c1ccc(Cl)cc1. The van der Waals surface area contributed by atoms with E-state index in [1.54, 1.807) is 5.57 Å². The van der Waals surface area contributed by atoms with Crippen LogP contribution >= 0.6 is 11.6 Å². The normalized spacial score (nSPS) is 20.2. The maximum atomic E-state index is 5.82. The first-order valence-electron chi connectivity index (χ1n) is 4.60. The van der Waals surface area contributed by atoms with Crippen molar-refractivity contribution in [3.63, 3.8) is 0 Å². The molecule has 0 aromatic heterocycles. The van der Waals surface area contributed by atoms with Crippen LogP contribution in [0.3, 0.4) is 0 Å². The molecule has 0 spiro atoms. The van der Waals surface area contributed by atoms with E-state index in [1.165, 1.54) is 17.6 Å². The van der Waals surface area contributed by atoms with E-state index in [9.17, 15) is 0 Å². The van der Waals surface area contributed by atoms with Gasteiger partial charge in [0.25, 0.3) is 0 Å². The van der Waals surface area contributed by atoms with Gasteiger partial charge in [0.1, 0.15) is 0 Å². The second kappa shape index (κ2) is 3.19. The van der Waals surface area contributed by atoms with Crippen molar-refractivity contribution in [1.82, 2.24) is 0 Å². The molecule has 0 amide bonds. The van der Waals surface area contributed by atoms with E-state index >= 15 is 0 Å². The van der Waals surface area contributed by atoms with Gasteiger partial charge in [-0.2, -0.15) is 0 Å². The largest absolute Gasteiger partial charge is 0.0843 e. The Kier molecular flexibility index (Phi) is 2.17. The Bertz CT molecular complexity index is 342. The lowest BCUT2D eigenvalue weighted by molar-refractivity contribution is 1.15. The van der Waals surface area contributed by atoms with Gasteiger partial charge in [-0.1, -0.05) is 34.9 Å². The van der Waals surface area contributed by atoms with Crippen LogP contribution in [0, 0.1) is 0 Å². The van der Waals surface area contributed by atoms with Gasteiger partial charge in [-0.15, -0.1) is 0 Å². The fourth-order valence-electron chi connectivity index (χ4n) is 1.73. The highest BCUT2D eigenvalue weighted by Gasteiger charge is 2.31. The van der Waals surface area contributed by atoms with Crippen LogP contribution in [0.15, 0.2) is 35.4 Å². The third-order valence-corrected chi connectivity index (χ3v) is 2.85. The van der Waals surface area contributed by atoms with Gasteiger partial charge in [0, 0.05) is 10.9 Å². The van der Waals surface area contributed by atoms with Gasteiger partial charge in [0.15, 0.2) is 0 Å². The van der Waals surface area contributed by atoms with Crippen molar-refractivity contribution in [3.05, 3.63) is 46.0 Å². The molecular weight excluding hydrogens is 180 g/mol. The highest BCUT2D eigenvalue weighted by atomic mass is 35.5. The molecule has 0 bridgehead atoms. The summed E-state index contributed by atoms with van der Waals surface area (Å²) in [6.45, 7) is 4.37. The Balaban J connectivity index is 2.22. The zero-order valence-corrected chi connectivity index (χ0v) is 8.73. The van der Waals surface area contributed by atoms with Crippen molar-refractivity contribution in [3.8, 4) is 0 Å². The summed E-state index contributed by atoms with van der Waals surface area (Å²) < 4.78 is 0. The van der Waals surface area contributed by atoms with Crippen LogP contribution in [0.25, 0.3) is 0 Å². The van der Waals surface area contributed by atoms with Crippen molar-refractivity contribution in [2.75, 3.05) is 0 Å². The summed E-state index contributed by atoms with van der Waals surface area (Å²) in [5.74, 6) is 0.683. The maximum absolute atomic E-state index is 5.82. The Morgan fingerprint density at radius 1 is 1.23 bits per heavy atom. The Morgan fingerprint density at radius 2 is 1.85 bits per heavy atom. The van der Waals surface area contributed by atoms with Crippen molar-refractivity contribution in [2.45, 2.75) is 26.2 Å². The molecule has 1 saturated carbocycles. The van der Waals surface area contributed by atoms with Crippen molar-refractivity contribution < 1.29 is 0 Å².